The number of aromatic nitrogens is 1. The first kappa shape index (κ1) is 25.1. The van der Waals surface area contributed by atoms with E-state index in [9.17, 15) is 9.90 Å². The molecule has 8 heteroatoms. The molecule has 7 nitrogen and oxygen atoms in total. The zero-order valence-corrected chi connectivity index (χ0v) is 23.4. The Labute approximate surface area is 233 Å². The van der Waals surface area contributed by atoms with Gasteiger partial charge in [0, 0.05) is 37.1 Å². The fourth-order valence-corrected chi connectivity index (χ4v) is 7.56. The molecule has 7 rings (SSSR count). The van der Waals surface area contributed by atoms with Gasteiger partial charge in [-0.1, -0.05) is 24.3 Å². The number of carboxylic acids is 1. The van der Waals surface area contributed by atoms with Crippen molar-refractivity contribution < 1.29 is 19.4 Å². The molecule has 1 saturated carbocycles. The predicted molar refractivity (Wildman–Crippen MR) is 152 cm³/mol. The smallest absolute Gasteiger partial charge is 0.311 e. The molecular formula is C31H35N3O4S. The summed E-state index contributed by atoms with van der Waals surface area (Å²) in [4.78, 5) is 21.4. The molecule has 0 spiro atoms. The lowest BCUT2D eigenvalue weighted by molar-refractivity contribution is -0.143. The molecule has 0 unspecified atom stereocenters. The number of hydrogen-bond donors (Lipinski definition) is 1. The van der Waals surface area contributed by atoms with Crippen molar-refractivity contribution >= 4 is 22.4 Å². The third kappa shape index (κ3) is 4.33. The molecule has 3 aromatic rings. The van der Waals surface area contributed by atoms with Crippen LogP contribution in [0.15, 0.2) is 35.7 Å². The van der Waals surface area contributed by atoms with Crippen LogP contribution >= 0.6 is 11.3 Å². The van der Waals surface area contributed by atoms with Crippen molar-refractivity contribution in [2.75, 3.05) is 44.3 Å². The van der Waals surface area contributed by atoms with E-state index >= 15 is 0 Å². The molecule has 4 aliphatic rings. The summed E-state index contributed by atoms with van der Waals surface area (Å²) < 4.78 is 12.0. The van der Waals surface area contributed by atoms with Gasteiger partial charge in [0.05, 0.1) is 30.4 Å². The molecule has 2 saturated heterocycles. The lowest BCUT2D eigenvalue weighted by Gasteiger charge is -2.36. The van der Waals surface area contributed by atoms with Crippen molar-refractivity contribution in [3.63, 3.8) is 0 Å². The first-order chi connectivity index (χ1) is 18.9. The van der Waals surface area contributed by atoms with Gasteiger partial charge >= 0.3 is 5.97 Å². The van der Waals surface area contributed by atoms with E-state index < -0.39 is 11.4 Å². The van der Waals surface area contributed by atoms with E-state index in [4.69, 9.17) is 14.5 Å². The second-order valence-corrected chi connectivity index (χ2v) is 12.5. The summed E-state index contributed by atoms with van der Waals surface area (Å²) in [5.41, 5.74) is 7.94. The molecule has 0 radical (unpaired) electrons. The van der Waals surface area contributed by atoms with Crippen LogP contribution < -0.4 is 9.64 Å². The third-order valence-corrected chi connectivity index (χ3v) is 10.4. The summed E-state index contributed by atoms with van der Waals surface area (Å²) in [7, 11) is 0. The first-order valence-electron chi connectivity index (χ1n) is 14.0. The molecular weight excluding hydrogens is 510 g/mol. The van der Waals surface area contributed by atoms with Gasteiger partial charge in [-0.05, 0) is 72.9 Å². The van der Waals surface area contributed by atoms with E-state index in [1.54, 1.807) is 11.3 Å². The van der Waals surface area contributed by atoms with E-state index in [0.717, 1.165) is 79.8 Å². The van der Waals surface area contributed by atoms with Gasteiger partial charge in [0.25, 0.3) is 0 Å². The Balaban J connectivity index is 1.08. The summed E-state index contributed by atoms with van der Waals surface area (Å²) in [6, 6.07) is 11.3. The summed E-state index contributed by atoms with van der Waals surface area (Å²) in [6.07, 6.45) is 2.96. The number of para-hydroxylation sites is 1. The Morgan fingerprint density at radius 1 is 1.21 bits per heavy atom. The highest BCUT2D eigenvalue weighted by molar-refractivity contribution is 7.14. The minimum absolute atomic E-state index is 0.250. The molecule has 204 valence electrons. The lowest BCUT2D eigenvalue weighted by Crippen LogP contribution is -2.49. The molecule has 0 amide bonds. The highest BCUT2D eigenvalue weighted by atomic mass is 32.1. The fraction of sp³-hybridized carbons (Fsp3) is 0.484. The van der Waals surface area contributed by atoms with Gasteiger partial charge in [0.15, 0.2) is 5.13 Å². The number of ether oxygens (including phenoxy) is 2. The van der Waals surface area contributed by atoms with Crippen LogP contribution in [-0.2, 0) is 29.0 Å². The van der Waals surface area contributed by atoms with Crippen LogP contribution in [0.3, 0.4) is 0 Å². The van der Waals surface area contributed by atoms with Crippen molar-refractivity contribution in [3.05, 3.63) is 63.5 Å². The predicted octanol–water partition coefficient (Wildman–Crippen LogP) is 4.72. The maximum Gasteiger partial charge on any atom is 0.311 e. The number of aryl methyl sites for hydroxylation is 1. The van der Waals surface area contributed by atoms with E-state index in [1.165, 1.54) is 22.3 Å². The van der Waals surface area contributed by atoms with E-state index in [0.29, 0.717) is 19.2 Å². The lowest BCUT2D eigenvalue weighted by atomic mass is 9.94. The van der Waals surface area contributed by atoms with Crippen molar-refractivity contribution in [1.82, 2.24) is 9.88 Å². The van der Waals surface area contributed by atoms with Crippen molar-refractivity contribution in [1.29, 1.82) is 0 Å². The molecule has 4 heterocycles. The van der Waals surface area contributed by atoms with Crippen molar-refractivity contribution in [2.45, 2.75) is 45.8 Å². The maximum absolute atomic E-state index is 11.7. The Kier molecular flexibility index (Phi) is 6.17. The van der Waals surface area contributed by atoms with Crippen LogP contribution in [-0.4, -0.2) is 66.4 Å². The van der Waals surface area contributed by atoms with Gasteiger partial charge < -0.3 is 19.5 Å². The third-order valence-electron chi connectivity index (χ3n) is 9.46. The molecule has 0 bridgehead atoms. The highest BCUT2D eigenvalue weighted by Crippen LogP contribution is 2.58. The second-order valence-electron chi connectivity index (χ2n) is 11.7. The average molecular weight is 546 g/mol. The van der Waals surface area contributed by atoms with Crippen LogP contribution in [0.5, 0.6) is 5.75 Å². The van der Waals surface area contributed by atoms with Crippen LogP contribution in [0.4, 0.5) is 5.13 Å². The van der Waals surface area contributed by atoms with Crippen molar-refractivity contribution in [2.24, 2.45) is 11.3 Å². The quantitative estimate of drug-likeness (QED) is 0.461. The van der Waals surface area contributed by atoms with E-state index in [2.05, 4.69) is 53.3 Å². The zero-order valence-electron chi connectivity index (χ0n) is 22.6. The zero-order chi connectivity index (χ0) is 26.7. The number of nitrogens with zero attached hydrogens (tertiary/aromatic N) is 3. The van der Waals surface area contributed by atoms with Crippen LogP contribution in [0.2, 0.25) is 0 Å². The van der Waals surface area contributed by atoms with Gasteiger partial charge in [-0.15, -0.1) is 11.3 Å². The molecule has 3 aliphatic heterocycles. The van der Waals surface area contributed by atoms with Gasteiger partial charge in [-0.3, -0.25) is 9.69 Å². The largest absolute Gasteiger partial charge is 0.488 e. The second kappa shape index (κ2) is 9.61. The van der Waals surface area contributed by atoms with E-state index in [-0.39, 0.29) is 5.92 Å². The fourth-order valence-electron chi connectivity index (χ4n) is 6.72. The standard InChI is InChI=1S/C31H35N3O4S/c1-19-4-3-5-26(27-17-39-30(32-27)34-13-23-12-31(23,18-34)29(35)36)28(19)38-14-22-7-6-21-8-10-33(24-15-37-16-24)11-9-25(21)20(22)2/h3-7,17,23-24H,8-16,18H2,1-2H3,(H,35,36)/t23-,31-/m0/s1. The molecule has 1 aromatic heterocycles. The molecule has 2 aromatic carbocycles. The Hall–Kier alpha value is -2.94. The molecule has 1 N–H and O–H groups in total. The molecule has 39 heavy (non-hydrogen) atoms. The van der Waals surface area contributed by atoms with E-state index in [1.807, 2.05) is 6.07 Å². The minimum Gasteiger partial charge on any atom is -0.488 e. The number of carbonyl (C=O) groups is 1. The monoisotopic (exact) mass is 545 g/mol. The van der Waals surface area contributed by atoms with Crippen LogP contribution in [0, 0.1) is 25.2 Å². The van der Waals surface area contributed by atoms with Gasteiger partial charge in [-0.25, -0.2) is 4.98 Å². The van der Waals surface area contributed by atoms with Crippen LogP contribution in [0.25, 0.3) is 11.3 Å². The number of fused-ring (bicyclic) bond motifs is 2. The number of thiazole rings is 1. The summed E-state index contributed by atoms with van der Waals surface area (Å²) in [6.45, 7) is 10.1. The minimum atomic E-state index is -0.667. The first-order valence-corrected chi connectivity index (χ1v) is 14.9. The number of hydrogen-bond acceptors (Lipinski definition) is 7. The highest BCUT2D eigenvalue weighted by Gasteiger charge is 2.65. The number of piperidine rings is 1. The number of aliphatic carboxylic acids is 1. The van der Waals surface area contributed by atoms with Gasteiger partial charge in [0.1, 0.15) is 12.4 Å². The Bertz CT molecular complexity index is 1430. The van der Waals surface area contributed by atoms with Gasteiger partial charge in [0.2, 0.25) is 0 Å². The topological polar surface area (TPSA) is 75.1 Å². The van der Waals surface area contributed by atoms with Gasteiger partial charge in [-0.2, -0.15) is 0 Å². The molecule has 1 aliphatic carbocycles. The SMILES string of the molecule is Cc1cccc(-c2csc(N3C[C@@H]4C[C@]4(C(=O)O)C3)n2)c1OCc1ccc2c(c1C)CCN(C1COC1)CC2. The summed E-state index contributed by atoms with van der Waals surface area (Å²) in [5.74, 6) is 0.449. The average Bonchev–Trinajstić information content (AvgIpc) is 3.24. The number of benzene rings is 2. The Morgan fingerprint density at radius 3 is 2.82 bits per heavy atom. The summed E-state index contributed by atoms with van der Waals surface area (Å²) in [5, 5.41) is 12.6. The summed E-state index contributed by atoms with van der Waals surface area (Å²) >= 11 is 1.59. The number of anilines is 1. The number of carboxylic acid groups (broad SMARTS) is 1. The molecule has 2 atom stereocenters. The van der Waals surface area contributed by atoms with Crippen LogP contribution in [0.1, 0.15) is 34.2 Å². The van der Waals surface area contributed by atoms with Crippen molar-refractivity contribution in [3.8, 4) is 17.0 Å². The maximum atomic E-state index is 11.7. The normalized spacial score (nSPS) is 24.6. The molecule has 3 fully saturated rings. The Morgan fingerprint density at radius 2 is 2.05 bits per heavy atom. The number of rotatable bonds is 7.